The van der Waals surface area contributed by atoms with Gasteiger partial charge in [-0.25, -0.2) is 4.79 Å². The summed E-state index contributed by atoms with van der Waals surface area (Å²) >= 11 is 0. The number of carbonyl (C=O) groups is 6. The molecule has 0 aliphatic rings. The van der Waals surface area contributed by atoms with Gasteiger partial charge < -0.3 is 49.7 Å². The van der Waals surface area contributed by atoms with Crippen molar-refractivity contribution in [2.75, 3.05) is 6.54 Å². The quantitative estimate of drug-likeness (QED) is 0.0447. The highest BCUT2D eigenvalue weighted by atomic mass is 16.4. The maximum Gasteiger partial charge on any atom is 0.326 e. The summed E-state index contributed by atoms with van der Waals surface area (Å²) in [5.74, 6) is -5.51. The Bertz CT molecular complexity index is 1090. The van der Waals surface area contributed by atoms with Crippen LogP contribution in [0.2, 0.25) is 0 Å². The van der Waals surface area contributed by atoms with Crippen LogP contribution in [0.3, 0.4) is 0 Å². The Balaban J connectivity index is 3.06. The molecule has 0 fully saturated rings. The number of carboxylic acid groups (broad SMARTS) is 1. The van der Waals surface area contributed by atoms with Gasteiger partial charge in [-0.15, -0.1) is 0 Å². The predicted octanol–water partition coefficient (Wildman–Crippen LogP) is -3.32. The number of hydrogen-bond acceptors (Lipinski definition) is 8. The molecule has 0 spiro atoms. The third-order valence-electron chi connectivity index (χ3n) is 5.82. The molecule has 0 aliphatic carbocycles. The van der Waals surface area contributed by atoms with E-state index < -0.39 is 59.7 Å². The van der Waals surface area contributed by atoms with Gasteiger partial charge in [0.15, 0.2) is 5.96 Å². The van der Waals surface area contributed by atoms with Crippen molar-refractivity contribution in [1.82, 2.24) is 16.0 Å². The average molecular weight is 578 g/mol. The molecule has 0 radical (unpaired) electrons. The van der Waals surface area contributed by atoms with E-state index in [0.717, 1.165) is 5.56 Å². The second-order valence-corrected chi connectivity index (χ2v) is 9.28. The summed E-state index contributed by atoms with van der Waals surface area (Å²) in [6.07, 6.45) is -0.694. The van der Waals surface area contributed by atoms with Crippen molar-refractivity contribution >= 4 is 41.5 Å². The lowest BCUT2D eigenvalue weighted by molar-refractivity contribution is -0.142. The number of nitrogens with zero attached hydrogens (tertiary/aromatic N) is 1. The van der Waals surface area contributed by atoms with Gasteiger partial charge in [0.25, 0.3) is 0 Å². The lowest BCUT2D eigenvalue weighted by Crippen LogP contribution is -2.57. The first-order chi connectivity index (χ1) is 19.3. The van der Waals surface area contributed by atoms with Crippen LogP contribution in [-0.4, -0.2) is 77.3 Å². The molecule has 0 bridgehead atoms. The van der Waals surface area contributed by atoms with Crippen LogP contribution < -0.4 is 44.6 Å². The Labute approximate surface area is 236 Å². The third-order valence-corrected chi connectivity index (χ3v) is 5.82. The minimum Gasteiger partial charge on any atom is -0.480 e. The van der Waals surface area contributed by atoms with E-state index in [-0.39, 0.29) is 57.5 Å². The average Bonchev–Trinajstić information content (AvgIpc) is 2.90. The number of nitrogens with two attached hydrogens (primary N) is 5. The van der Waals surface area contributed by atoms with Gasteiger partial charge in [0, 0.05) is 19.4 Å². The number of nitrogens with one attached hydrogen (secondary N) is 3. The molecule has 41 heavy (non-hydrogen) atoms. The normalized spacial score (nSPS) is 13.5. The zero-order valence-electron chi connectivity index (χ0n) is 22.6. The fourth-order valence-corrected chi connectivity index (χ4v) is 3.66. The van der Waals surface area contributed by atoms with Crippen molar-refractivity contribution in [1.29, 1.82) is 0 Å². The molecule has 16 heteroatoms. The van der Waals surface area contributed by atoms with Gasteiger partial charge in [-0.1, -0.05) is 30.3 Å². The number of guanidine groups is 1. The number of hydrogen-bond donors (Lipinski definition) is 9. The van der Waals surface area contributed by atoms with Gasteiger partial charge in [-0.3, -0.25) is 29.0 Å². The molecule has 0 heterocycles. The molecule has 1 rings (SSSR count). The molecular formula is C25H39N9O7. The molecule has 14 N–H and O–H groups in total. The number of amides is 5. The van der Waals surface area contributed by atoms with Gasteiger partial charge >= 0.3 is 5.97 Å². The summed E-state index contributed by atoms with van der Waals surface area (Å²) in [6.45, 7) is 0.143. The van der Waals surface area contributed by atoms with Crippen molar-refractivity contribution in [3.05, 3.63) is 35.9 Å². The van der Waals surface area contributed by atoms with Crippen LogP contribution in [0.1, 0.15) is 44.1 Å². The second kappa shape index (κ2) is 17.8. The van der Waals surface area contributed by atoms with Crippen molar-refractivity contribution in [2.45, 2.75) is 69.1 Å². The Kier molecular flexibility index (Phi) is 14.9. The number of carbonyl (C=O) groups excluding carboxylic acids is 5. The molecule has 1 aromatic rings. The van der Waals surface area contributed by atoms with Gasteiger partial charge in [0.1, 0.15) is 18.1 Å². The number of aliphatic imine (C=N–C) groups is 1. The predicted molar refractivity (Wildman–Crippen MR) is 148 cm³/mol. The number of aliphatic carboxylic acids is 1. The first-order valence-corrected chi connectivity index (χ1v) is 12.9. The summed E-state index contributed by atoms with van der Waals surface area (Å²) < 4.78 is 0. The van der Waals surface area contributed by atoms with E-state index in [1.54, 1.807) is 24.3 Å². The first kappa shape index (κ1) is 34.3. The molecule has 0 aromatic heterocycles. The lowest BCUT2D eigenvalue weighted by Gasteiger charge is -2.25. The molecule has 226 valence electrons. The Morgan fingerprint density at radius 2 is 1.22 bits per heavy atom. The highest BCUT2D eigenvalue weighted by Crippen LogP contribution is 2.07. The summed E-state index contributed by atoms with van der Waals surface area (Å²) in [4.78, 5) is 76.9. The van der Waals surface area contributed by atoms with Crippen LogP contribution in [0.5, 0.6) is 0 Å². The topological polar surface area (TPSA) is 301 Å². The van der Waals surface area contributed by atoms with E-state index in [4.69, 9.17) is 28.7 Å². The minimum absolute atomic E-state index is 0.0485. The fraction of sp³-hybridized carbons (Fsp3) is 0.480. The molecule has 0 saturated carbocycles. The number of primary amides is 2. The summed E-state index contributed by atoms with van der Waals surface area (Å²) in [7, 11) is 0. The standard InChI is InChI=1S/C25H39N9O7/c26-15(13-14-5-2-1-3-6-14)21(37)32-16(7-4-12-31-25(29)30)22(38)33-17(8-10-19(27)35)23(39)34-18(24(40)41)9-11-20(28)36/h1-3,5-6,15-18H,4,7-13,26H2,(H2,27,35)(H2,28,36)(H,32,37)(H,33,38)(H,34,39)(H,40,41)(H4,29,30,31). The second-order valence-electron chi connectivity index (χ2n) is 9.28. The van der Waals surface area contributed by atoms with E-state index in [1.807, 2.05) is 6.07 Å². The van der Waals surface area contributed by atoms with E-state index in [2.05, 4.69) is 20.9 Å². The zero-order chi connectivity index (χ0) is 30.9. The van der Waals surface area contributed by atoms with Crippen LogP contribution in [0.15, 0.2) is 35.3 Å². The molecule has 5 amide bonds. The van der Waals surface area contributed by atoms with E-state index in [9.17, 15) is 33.9 Å². The molecule has 4 atom stereocenters. The summed E-state index contributed by atoms with van der Waals surface area (Å²) in [5.41, 5.74) is 27.8. The monoisotopic (exact) mass is 577 g/mol. The van der Waals surface area contributed by atoms with E-state index in [1.165, 1.54) is 0 Å². The summed E-state index contributed by atoms with van der Waals surface area (Å²) in [5, 5.41) is 16.6. The maximum absolute atomic E-state index is 13.3. The molecule has 4 unspecified atom stereocenters. The Morgan fingerprint density at radius 1 is 0.732 bits per heavy atom. The minimum atomic E-state index is -1.49. The van der Waals surface area contributed by atoms with Gasteiger partial charge in [0.05, 0.1) is 6.04 Å². The molecule has 1 aromatic carbocycles. The van der Waals surface area contributed by atoms with E-state index >= 15 is 0 Å². The Hall–Kier alpha value is -4.73. The van der Waals surface area contributed by atoms with Crippen molar-refractivity contribution < 1.29 is 33.9 Å². The SMILES string of the molecule is NC(=O)CCC(NC(=O)C(CCC(N)=O)NC(=O)C(CCCN=C(N)N)NC(=O)C(N)Cc1ccccc1)C(=O)O. The van der Waals surface area contributed by atoms with Crippen LogP contribution >= 0.6 is 0 Å². The maximum atomic E-state index is 13.3. The van der Waals surface area contributed by atoms with Gasteiger partial charge in [-0.2, -0.15) is 0 Å². The fourth-order valence-electron chi connectivity index (χ4n) is 3.66. The molecule has 16 nitrogen and oxygen atoms in total. The molecular weight excluding hydrogens is 538 g/mol. The Morgan fingerprint density at radius 3 is 1.73 bits per heavy atom. The lowest BCUT2D eigenvalue weighted by atomic mass is 10.0. The van der Waals surface area contributed by atoms with Crippen molar-refractivity contribution in [3.8, 4) is 0 Å². The van der Waals surface area contributed by atoms with Crippen molar-refractivity contribution in [2.24, 2.45) is 33.7 Å². The molecule has 0 aliphatic heterocycles. The summed E-state index contributed by atoms with van der Waals surface area (Å²) in [6, 6.07) is 3.90. The van der Waals surface area contributed by atoms with Crippen molar-refractivity contribution in [3.63, 3.8) is 0 Å². The van der Waals surface area contributed by atoms with Gasteiger partial charge in [0.2, 0.25) is 29.5 Å². The van der Waals surface area contributed by atoms with Gasteiger partial charge in [-0.05, 0) is 37.7 Å². The van der Waals surface area contributed by atoms with Crippen LogP contribution in [-0.2, 0) is 35.2 Å². The van der Waals surface area contributed by atoms with Crippen LogP contribution in [0.4, 0.5) is 0 Å². The largest absolute Gasteiger partial charge is 0.480 e. The highest BCUT2D eigenvalue weighted by Gasteiger charge is 2.30. The van der Waals surface area contributed by atoms with Crippen LogP contribution in [0.25, 0.3) is 0 Å². The number of rotatable bonds is 19. The van der Waals surface area contributed by atoms with E-state index in [0.29, 0.717) is 0 Å². The smallest absolute Gasteiger partial charge is 0.326 e. The first-order valence-electron chi connectivity index (χ1n) is 12.9. The highest BCUT2D eigenvalue weighted by molar-refractivity contribution is 5.94. The molecule has 0 saturated heterocycles. The van der Waals surface area contributed by atoms with Crippen LogP contribution in [0, 0.1) is 0 Å². The third kappa shape index (κ3) is 14.3. The number of benzene rings is 1. The number of carboxylic acids is 1. The zero-order valence-corrected chi connectivity index (χ0v) is 22.6.